The van der Waals surface area contributed by atoms with Gasteiger partial charge in [-0.05, 0) is 13.3 Å². The number of carbonyl (C=O) groups excluding carboxylic acids is 1. The molecule has 0 aliphatic rings. The van der Waals surface area contributed by atoms with Crippen molar-refractivity contribution in [3.8, 4) is 0 Å². The van der Waals surface area contributed by atoms with Gasteiger partial charge in [0.2, 0.25) is 6.04 Å². The Labute approximate surface area is 87.5 Å². The molecule has 0 bridgehead atoms. The maximum atomic E-state index is 11.1. The molecule has 6 heteroatoms. The van der Waals surface area contributed by atoms with Crippen molar-refractivity contribution in [2.45, 2.75) is 38.1 Å². The predicted molar refractivity (Wildman–Crippen MR) is 52.0 cm³/mol. The summed E-state index contributed by atoms with van der Waals surface area (Å²) in [5, 5.41) is 9.36. The van der Waals surface area contributed by atoms with Crippen LogP contribution in [-0.2, 0) is 9.53 Å². The first-order valence-electron chi connectivity index (χ1n) is 4.48. The highest BCUT2D eigenvalue weighted by atomic mass is 35.5. The topological polar surface area (TPSA) is 69.4 Å². The van der Waals surface area contributed by atoms with Gasteiger partial charge in [-0.1, -0.05) is 6.92 Å². The van der Waals surface area contributed by atoms with E-state index in [4.69, 9.17) is 11.6 Å². The molecule has 0 N–H and O–H groups in total. The SMILES string of the molecule is CCCC(C(Cl)C(=O)OCC)[N+](=O)[O-]. The number of halogens is 1. The first-order valence-corrected chi connectivity index (χ1v) is 4.92. The van der Waals surface area contributed by atoms with Gasteiger partial charge < -0.3 is 4.74 Å². The number of nitro groups is 1. The number of hydrogen-bond donors (Lipinski definition) is 0. The molecule has 2 unspecified atom stereocenters. The van der Waals surface area contributed by atoms with Crippen LogP contribution in [0.4, 0.5) is 0 Å². The zero-order valence-corrected chi connectivity index (χ0v) is 8.99. The van der Waals surface area contributed by atoms with Crippen molar-refractivity contribution in [2.75, 3.05) is 6.61 Å². The molecule has 0 amide bonds. The fraction of sp³-hybridized carbons (Fsp3) is 0.875. The highest BCUT2D eigenvalue weighted by Gasteiger charge is 2.35. The minimum absolute atomic E-state index is 0.179. The average Bonchev–Trinajstić information content (AvgIpc) is 2.13. The fourth-order valence-electron chi connectivity index (χ4n) is 1.03. The van der Waals surface area contributed by atoms with Crippen molar-refractivity contribution >= 4 is 17.6 Å². The molecule has 0 aliphatic carbocycles. The lowest BCUT2D eigenvalue weighted by molar-refractivity contribution is -0.521. The summed E-state index contributed by atoms with van der Waals surface area (Å²) in [6, 6.07) is -1.05. The molecule has 0 spiro atoms. The standard InChI is InChI=1S/C8H14ClNO4/c1-3-5-6(10(12)13)7(9)8(11)14-4-2/h6-7H,3-5H2,1-2H3. The van der Waals surface area contributed by atoms with Crippen molar-refractivity contribution < 1.29 is 14.5 Å². The van der Waals surface area contributed by atoms with Crippen LogP contribution in [0.3, 0.4) is 0 Å². The molecule has 0 rings (SSSR count). The van der Waals surface area contributed by atoms with Gasteiger partial charge in [-0.3, -0.25) is 14.9 Å². The summed E-state index contributed by atoms with van der Waals surface area (Å²) >= 11 is 5.63. The molecule has 5 nitrogen and oxygen atoms in total. The van der Waals surface area contributed by atoms with E-state index >= 15 is 0 Å². The van der Waals surface area contributed by atoms with Gasteiger partial charge in [0, 0.05) is 11.3 Å². The van der Waals surface area contributed by atoms with Gasteiger partial charge in [0.25, 0.3) is 0 Å². The van der Waals surface area contributed by atoms with Crippen molar-refractivity contribution in [3.63, 3.8) is 0 Å². The molecule has 82 valence electrons. The maximum absolute atomic E-state index is 11.1. The average molecular weight is 224 g/mol. The number of alkyl halides is 1. The largest absolute Gasteiger partial charge is 0.465 e. The lowest BCUT2D eigenvalue weighted by atomic mass is 10.1. The molecule has 14 heavy (non-hydrogen) atoms. The summed E-state index contributed by atoms with van der Waals surface area (Å²) in [6.45, 7) is 3.60. The van der Waals surface area contributed by atoms with Gasteiger partial charge in [-0.15, -0.1) is 11.6 Å². The molecule has 0 aromatic carbocycles. The normalized spacial score (nSPS) is 14.5. The van der Waals surface area contributed by atoms with Crippen molar-refractivity contribution in [3.05, 3.63) is 10.1 Å². The van der Waals surface area contributed by atoms with Gasteiger partial charge in [-0.25, -0.2) is 0 Å². The Bertz CT molecular complexity index is 210. The van der Waals surface area contributed by atoms with Gasteiger partial charge in [-0.2, -0.15) is 0 Å². The monoisotopic (exact) mass is 223 g/mol. The third-order valence-electron chi connectivity index (χ3n) is 1.70. The van der Waals surface area contributed by atoms with Crippen molar-refractivity contribution in [2.24, 2.45) is 0 Å². The minimum Gasteiger partial charge on any atom is -0.465 e. The van der Waals surface area contributed by atoms with Crippen LogP contribution in [0.25, 0.3) is 0 Å². The van der Waals surface area contributed by atoms with E-state index in [1.54, 1.807) is 13.8 Å². The summed E-state index contributed by atoms with van der Waals surface area (Å²) < 4.78 is 4.61. The Morgan fingerprint density at radius 3 is 2.50 bits per heavy atom. The Kier molecular flexibility index (Phi) is 6.19. The van der Waals surface area contributed by atoms with Crippen LogP contribution in [0.1, 0.15) is 26.7 Å². The lowest BCUT2D eigenvalue weighted by Gasteiger charge is -2.12. The van der Waals surface area contributed by atoms with Crippen LogP contribution in [-0.4, -0.2) is 28.9 Å². The molecule has 0 aromatic heterocycles. The summed E-state index contributed by atoms with van der Waals surface area (Å²) in [4.78, 5) is 21.1. The molecule has 0 radical (unpaired) electrons. The van der Waals surface area contributed by atoms with E-state index in [2.05, 4.69) is 4.74 Å². The van der Waals surface area contributed by atoms with Crippen LogP contribution in [0, 0.1) is 10.1 Å². The number of hydrogen-bond acceptors (Lipinski definition) is 4. The van der Waals surface area contributed by atoms with E-state index in [9.17, 15) is 14.9 Å². The van der Waals surface area contributed by atoms with Gasteiger partial charge in [0.1, 0.15) is 0 Å². The van der Waals surface area contributed by atoms with Crippen LogP contribution >= 0.6 is 11.6 Å². The quantitative estimate of drug-likeness (QED) is 0.297. The fourth-order valence-corrected chi connectivity index (χ4v) is 1.31. The van der Waals surface area contributed by atoms with Gasteiger partial charge in [0.15, 0.2) is 5.38 Å². The minimum atomic E-state index is -1.19. The van der Waals surface area contributed by atoms with E-state index < -0.39 is 22.3 Å². The van der Waals surface area contributed by atoms with Crippen molar-refractivity contribution in [1.82, 2.24) is 0 Å². The highest BCUT2D eigenvalue weighted by Crippen LogP contribution is 2.13. The molecule has 0 fully saturated rings. The Balaban J connectivity index is 4.34. The summed E-state index contributed by atoms with van der Waals surface area (Å²) in [7, 11) is 0. The van der Waals surface area contributed by atoms with E-state index in [0.717, 1.165) is 0 Å². The third-order valence-corrected chi connectivity index (χ3v) is 2.17. The number of rotatable bonds is 6. The van der Waals surface area contributed by atoms with E-state index in [1.165, 1.54) is 0 Å². The summed E-state index contributed by atoms with van der Waals surface area (Å²) in [6.07, 6.45) is 0.883. The molecule has 0 saturated carbocycles. The van der Waals surface area contributed by atoms with Crippen LogP contribution in [0.15, 0.2) is 0 Å². The molecular formula is C8H14ClNO4. The lowest BCUT2D eigenvalue weighted by Crippen LogP contribution is -2.36. The number of nitrogens with zero attached hydrogens (tertiary/aromatic N) is 1. The van der Waals surface area contributed by atoms with E-state index in [-0.39, 0.29) is 13.0 Å². The molecule has 0 aromatic rings. The second kappa shape index (κ2) is 6.59. The van der Waals surface area contributed by atoms with Crippen LogP contribution in [0.2, 0.25) is 0 Å². The number of carbonyl (C=O) groups is 1. The van der Waals surface area contributed by atoms with E-state index in [0.29, 0.717) is 6.42 Å². The van der Waals surface area contributed by atoms with Crippen LogP contribution < -0.4 is 0 Å². The Morgan fingerprint density at radius 2 is 2.14 bits per heavy atom. The summed E-state index contributed by atoms with van der Waals surface area (Å²) in [5.74, 6) is -0.718. The first-order chi connectivity index (χ1) is 6.54. The zero-order valence-electron chi connectivity index (χ0n) is 8.23. The van der Waals surface area contributed by atoms with E-state index in [1.807, 2.05) is 0 Å². The molecule has 0 aliphatic heterocycles. The smallest absolute Gasteiger partial charge is 0.331 e. The third kappa shape index (κ3) is 3.91. The van der Waals surface area contributed by atoms with Gasteiger partial charge >= 0.3 is 5.97 Å². The van der Waals surface area contributed by atoms with Crippen LogP contribution in [0.5, 0.6) is 0 Å². The molecule has 2 atom stereocenters. The second-order valence-corrected chi connectivity index (χ2v) is 3.27. The highest BCUT2D eigenvalue weighted by molar-refractivity contribution is 6.30. The Hall–Kier alpha value is -0.840. The van der Waals surface area contributed by atoms with Gasteiger partial charge in [0.05, 0.1) is 6.61 Å². The Morgan fingerprint density at radius 1 is 1.57 bits per heavy atom. The predicted octanol–water partition coefficient (Wildman–Crippen LogP) is 1.60. The molecule has 0 saturated heterocycles. The summed E-state index contributed by atoms with van der Waals surface area (Å²) in [5.41, 5.74) is 0. The molecular weight excluding hydrogens is 210 g/mol. The maximum Gasteiger partial charge on any atom is 0.331 e. The second-order valence-electron chi connectivity index (χ2n) is 2.80. The zero-order chi connectivity index (χ0) is 11.1. The molecule has 0 heterocycles. The number of ether oxygens (including phenoxy) is 1. The van der Waals surface area contributed by atoms with Crippen molar-refractivity contribution in [1.29, 1.82) is 0 Å². The number of esters is 1. The first kappa shape index (κ1) is 13.2.